The van der Waals surface area contributed by atoms with Gasteiger partial charge in [-0.25, -0.2) is 5.43 Å². The van der Waals surface area contributed by atoms with E-state index in [2.05, 4.69) is 72.7 Å². The number of hydrogen-bond acceptors (Lipinski definition) is 5. The largest absolute Gasteiger partial charge is 0.493 e. The summed E-state index contributed by atoms with van der Waals surface area (Å²) in [6, 6.07) is 25.3. The smallest absolute Gasteiger partial charge is 0.307 e. The van der Waals surface area contributed by atoms with Crippen molar-refractivity contribution in [3.05, 3.63) is 105 Å². The van der Waals surface area contributed by atoms with E-state index in [1.807, 2.05) is 36.4 Å². The number of halogens is 2. The number of nitrogens with zero attached hydrogens (tertiary/aromatic N) is 1. The summed E-state index contributed by atoms with van der Waals surface area (Å²) in [5, 5.41) is 7.21. The van der Waals surface area contributed by atoms with Crippen molar-refractivity contribution in [1.82, 2.24) is 5.43 Å². The second-order valence-electron chi connectivity index (χ2n) is 8.00. The van der Waals surface area contributed by atoms with E-state index in [-0.39, 0.29) is 5.76 Å². The summed E-state index contributed by atoms with van der Waals surface area (Å²) in [6.07, 6.45) is 1.53. The summed E-state index contributed by atoms with van der Waals surface area (Å²) in [5.41, 5.74) is 4.89. The fourth-order valence-corrected chi connectivity index (χ4v) is 5.12. The van der Waals surface area contributed by atoms with Gasteiger partial charge in [0.25, 0.3) is 0 Å². The number of carbonyl (C=O) groups is 1. The Morgan fingerprint density at radius 3 is 2.61 bits per heavy atom. The van der Waals surface area contributed by atoms with E-state index in [0.29, 0.717) is 23.7 Å². The van der Waals surface area contributed by atoms with Gasteiger partial charge in [-0.3, -0.25) is 4.79 Å². The van der Waals surface area contributed by atoms with Crippen molar-refractivity contribution in [2.45, 2.75) is 6.61 Å². The first-order valence-electron chi connectivity index (χ1n) is 11.0. The number of nitrogens with one attached hydrogen (secondary N) is 1. The molecule has 0 aliphatic rings. The third-order valence-corrected chi connectivity index (χ3v) is 6.58. The predicted octanol–water partition coefficient (Wildman–Crippen LogP) is 7.46. The van der Waals surface area contributed by atoms with Crippen LogP contribution in [0.4, 0.5) is 0 Å². The van der Waals surface area contributed by atoms with Gasteiger partial charge in [-0.2, -0.15) is 5.10 Å². The van der Waals surface area contributed by atoms with E-state index >= 15 is 0 Å². The predicted molar refractivity (Wildman–Crippen MR) is 148 cm³/mol. The number of benzene rings is 4. The quantitative estimate of drug-likeness (QED) is 0.154. The van der Waals surface area contributed by atoms with Crippen molar-refractivity contribution in [3.8, 4) is 11.5 Å². The fourth-order valence-electron chi connectivity index (χ4n) is 3.78. The summed E-state index contributed by atoms with van der Waals surface area (Å²) >= 11 is 6.87. The van der Waals surface area contributed by atoms with E-state index in [0.717, 1.165) is 25.5 Å². The molecule has 180 valence electrons. The van der Waals surface area contributed by atoms with Crippen molar-refractivity contribution in [1.29, 1.82) is 0 Å². The molecule has 0 bridgehead atoms. The van der Waals surface area contributed by atoms with Gasteiger partial charge in [-0.05, 0) is 80.3 Å². The van der Waals surface area contributed by atoms with Crippen LogP contribution in [0.3, 0.4) is 0 Å². The van der Waals surface area contributed by atoms with Crippen LogP contribution in [0.25, 0.3) is 21.7 Å². The Kier molecular flexibility index (Phi) is 7.06. The highest BCUT2D eigenvalue weighted by molar-refractivity contribution is 9.11. The number of furan rings is 1. The average molecular weight is 608 g/mol. The maximum Gasteiger partial charge on any atom is 0.307 e. The molecule has 8 heteroatoms. The highest BCUT2D eigenvalue weighted by Gasteiger charge is 2.14. The molecule has 4 aromatic carbocycles. The first-order chi connectivity index (χ1) is 17.5. The number of amides is 1. The summed E-state index contributed by atoms with van der Waals surface area (Å²) in [4.78, 5) is 12.5. The first-order valence-corrected chi connectivity index (χ1v) is 12.6. The lowest BCUT2D eigenvalue weighted by atomic mass is 10.1. The molecule has 0 atom stereocenters. The van der Waals surface area contributed by atoms with E-state index in [4.69, 9.17) is 13.9 Å². The zero-order valence-corrected chi connectivity index (χ0v) is 22.3. The van der Waals surface area contributed by atoms with Gasteiger partial charge in [0.1, 0.15) is 12.2 Å². The molecule has 1 aromatic heterocycles. The first kappa shape index (κ1) is 24.1. The number of ether oxygens (including phenoxy) is 2. The van der Waals surface area contributed by atoms with Crippen molar-refractivity contribution >= 4 is 65.7 Å². The molecule has 0 aliphatic carbocycles. The monoisotopic (exact) mass is 606 g/mol. The molecule has 0 radical (unpaired) electrons. The second kappa shape index (κ2) is 10.6. The summed E-state index contributed by atoms with van der Waals surface area (Å²) in [5.74, 6) is 0.897. The van der Waals surface area contributed by atoms with Crippen LogP contribution < -0.4 is 14.9 Å². The maximum absolute atomic E-state index is 12.5. The fraction of sp³-hybridized carbons (Fsp3) is 0.0714. The van der Waals surface area contributed by atoms with E-state index in [9.17, 15) is 4.79 Å². The normalized spacial score (nSPS) is 11.3. The van der Waals surface area contributed by atoms with E-state index < -0.39 is 5.91 Å². The molecule has 1 N–H and O–H groups in total. The lowest BCUT2D eigenvalue weighted by Gasteiger charge is -2.12. The Hall–Kier alpha value is -3.62. The van der Waals surface area contributed by atoms with Crippen LogP contribution in [0.15, 0.2) is 97.3 Å². The Bertz CT molecular complexity index is 1610. The molecule has 0 saturated carbocycles. The van der Waals surface area contributed by atoms with Gasteiger partial charge in [0.2, 0.25) is 0 Å². The Morgan fingerprint density at radius 1 is 0.944 bits per heavy atom. The molecule has 0 saturated heterocycles. The minimum absolute atomic E-state index is 0.163. The van der Waals surface area contributed by atoms with Gasteiger partial charge in [-0.15, -0.1) is 0 Å². The highest BCUT2D eigenvalue weighted by atomic mass is 79.9. The second-order valence-corrected chi connectivity index (χ2v) is 9.77. The van der Waals surface area contributed by atoms with E-state index in [1.165, 1.54) is 17.0 Å². The minimum atomic E-state index is -0.451. The number of fused-ring (bicyclic) bond motifs is 2. The minimum Gasteiger partial charge on any atom is -0.493 e. The number of methoxy groups -OCH3 is 1. The van der Waals surface area contributed by atoms with Gasteiger partial charge in [0.15, 0.2) is 17.3 Å². The average Bonchev–Trinajstić information content (AvgIpc) is 3.32. The topological polar surface area (TPSA) is 73.1 Å². The SMILES string of the molecule is COc1cc(/C=N\NC(=O)c2cc3cc(Br)cc(Br)c3o2)ccc1OCc1ccc2ccccc2c1. The lowest BCUT2D eigenvalue weighted by Crippen LogP contribution is -2.16. The van der Waals surface area contributed by atoms with Crippen LogP contribution in [-0.4, -0.2) is 19.2 Å². The summed E-state index contributed by atoms with van der Waals surface area (Å²) < 4.78 is 18.8. The maximum atomic E-state index is 12.5. The molecule has 1 heterocycles. The van der Waals surface area contributed by atoms with Crippen LogP contribution in [0.5, 0.6) is 11.5 Å². The standard InChI is InChI=1S/C28H20Br2N2O4/c1-34-25-11-17(7-9-24(25)35-16-18-6-8-19-4-2-3-5-20(19)10-18)15-31-32-28(33)26-13-21-12-22(29)14-23(30)27(21)36-26/h2-15H,16H2,1H3,(H,32,33)/b31-15-. The number of hydrazone groups is 1. The molecule has 0 unspecified atom stereocenters. The molecular formula is C28H20Br2N2O4. The zero-order chi connectivity index (χ0) is 25.1. The van der Waals surface area contributed by atoms with Gasteiger partial charge in [0.05, 0.1) is 17.8 Å². The number of hydrogen-bond donors (Lipinski definition) is 1. The van der Waals surface area contributed by atoms with Crippen molar-refractivity contribution in [2.75, 3.05) is 7.11 Å². The van der Waals surface area contributed by atoms with Crippen molar-refractivity contribution < 1.29 is 18.7 Å². The zero-order valence-electron chi connectivity index (χ0n) is 19.1. The van der Waals surface area contributed by atoms with Crippen LogP contribution in [0, 0.1) is 0 Å². The molecule has 0 fully saturated rings. The number of rotatable bonds is 7. The van der Waals surface area contributed by atoms with Gasteiger partial charge in [-0.1, -0.05) is 52.3 Å². The van der Waals surface area contributed by atoms with Crippen LogP contribution in [-0.2, 0) is 6.61 Å². The molecular weight excluding hydrogens is 588 g/mol. The molecule has 0 spiro atoms. The van der Waals surface area contributed by atoms with Crippen molar-refractivity contribution in [3.63, 3.8) is 0 Å². The molecule has 6 nitrogen and oxygen atoms in total. The third-order valence-electron chi connectivity index (χ3n) is 5.54. The van der Waals surface area contributed by atoms with Crippen molar-refractivity contribution in [2.24, 2.45) is 5.10 Å². The molecule has 5 rings (SSSR count). The van der Waals surface area contributed by atoms with Crippen LogP contribution in [0.1, 0.15) is 21.7 Å². The summed E-state index contributed by atoms with van der Waals surface area (Å²) in [6.45, 7) is 0.412. The van der Waals surface area contributed by atoms with Gasteiger partial charge >= 0.3 is 5.91 Å². The Labute approximate surface area is 224 Å². The van der Waals surface area contributed by atoms with Gasteiger partial charge < -0.3 is 13.9 Å². The van der Waals surface area contributed by atoms with Crippen LogP contribution >= 0.6 is 31.9 Å². The van der Waals surface area contributed by atoms with E-state index in [1.54, 1.807) is 19.2 Å². The third kappa shape index (κ3) is 5.29. The molecule has 5 aromatic rings. The lowest BCUT2D eigenvalue weighted by molar-refractivity contribution is 0.0929. The number of carbonyl (C=O) groups excluding carboxylic acids is 1. The Balaban J connectivity index is 1.24. The summed E-state index contributed by atoms with van der Waals surface area (Å²) in [7, 11) is 1.58. The molecule has 1 amide bonds. The molecule has 0 aliphatic heterocycles. The van der Waals surface area contributed by atoms with Crippen LogP contribution in [0.2, 0.25) is 0 Å². The molecule has 36 heavy (non-hydrogen) atoms. The highest BCUT2D eigenvalue weighted by Crippen LogP contribution is 2.31. The Morgan fingerprint density at radius 2 is 1.78 bits per heavy atom. The van der Waals surface area contributed by atoms with Gasteiger partial charge in [0, 0.05) is 9.86 Å².